The van der Waals surface area contributed by atoms with Gasteiger partial charge in [0.25, 0.3) is 0 Å². The van der Waals surface area contributed by atoms with Gasteiger partial charge < -0.3 is 10.1 Å². The largest absolute Gasteiger partial charge is 0.381 e. The van der Waals surface area contributed by atoms with Gasteiger partial charge >= 0.3 is 0 Å². The van der Waals surface area contributed by atoms with E-state index >= 15 is 0 Å². The first kappa shape index (κ1) is 15.7. The smallest absolute Gasteiger partial charge is 0.0991 e. The standard InChI is InChI=1S/C20H22N2O/c1-15(22-13-17-9-10-23-14-17)18-5-7-19(8-6-18)20-4-2-3-16(11-20)12-21/h2-8,11,15,17,22H,9-10,13-14H2,1H3. The second kappa shape index (κ2) is 7.41. The molecule has 23 heavy (non-hydrogen) atoms. The predicted octanol–water partition coefficient (Wildman–Crippen LogP) is 3.91. The molecule has 2 atom stereocenters. The highest BCUT2D eigenvalue weighted by atomic mass is 16.5. The van der Waals surface area contributed by atoms with Gasteiger partial charge in [0.1, 0.15) is 0 Å². The van der Waals surface area contributed by atoms with Crippen molar-refractivity contribution in [3.8, 4) is 17.2 Å². The Morgan fingerprint density at radius 1 is 1.22 bits per heavy atom. The van der Waals surface area contributed by atoms with Crippen LogP contribution in [-0.2, 0) is 4.74 Å². The number of nitrogens with one attached hydrogen (secondary N) is 1. The Morgan fingerprint density at radius 2 is 2.04 bits per heavy atom. The van der Waals surface area contributed by atoms with E-state index in [1.807, 2.05) is 24.3 Å². The molecule has 0 radical (unpaired) electrons. The third-order valence-corrected chi connectivity index (χ3v) is 4.47. The molecule has 0 aliphatic carbocycles. The van der Waals surface area contributed by atoms with E-state index in [4.69, 9.17) is 10.00 Å². The average Bonchev–Trinajstić information content (AvgIpc) is 3.13. The molecule has 1 fully saturated rings. The van der Waals surface area contributed by atoms with Crippen LogP contribution in [0.25, 0.3) is 11.1 Å². The maximum atomic E-state index is 9.01. The van der Waals surface area contributed by atoms with E-state index in [1.54, 1.807) is 0 Å². The van der Waals surface area contributed by atoms with Gasteiger partial charge in [-0.1, -0.05) is 36.4 Å². The Labute approximate surface area is 137 Å². The number of hydrogen-bond donors (Lipinski definition) is 1. The van der Waals surface area contributed by atoms with E-state index in [-0.39, 0.29) is 0 Å². The lowest BCUT2D eigenvalue weighted by atomic mass is 10.00. The number of rotatable bonds is 5. The molecule has 0 amide bonds. The van der Waals surface area contributed by atoms with Crippen LogP contribution in [0.1, 0.15) is 30.5 Å². The van der Waals surface area contributed by atoms with Crippen LogP contribution in [-0.4, -0.2) is 19.8 Å². The van der Waals surface area contributed by atoms with Gasteiger partial charge in [-0.15, -0.1) is 0 Å². The van der Waals surface area contributed by atoms with Crippen molar-refractivity contribution in [1.82, 2.24) is 5.32 Å². The molecule has 2 aromatic rings. The first-order valence-electron chi connectivity index (χ1n) is 8.18. The van der Waals surface area contributed by atoms with Gasteiger partial charge in [0, 0.05) is 19.2 Å². The van der Waals surface area contributed by atoms with Gasteiger partial charge in [-0.3, -0.25) is 0 Å². The van der Waals surface area contributed by atoms with Crippen molar-refractivity contribution in [1.29, 1.82) is 5.26 Å². The summed E-state index contributed by atoms with van der Waals surface area (Å²) in [6.07, 6.45) is 1.16. The van der Waals surface area contributed by atoms with E-state index in [0.717, 1.165) is 37.3 Å². The summed E-state index contributed by atoms with van der Waals surface area (Å²) in [6.45, 7) is 4.99. The van der Waals surface area contributed by atoms with E-state index in [0.29, 0.717) is 17.5 Å². The topological polar surface area (TPSA) is 45.0 Å². The van der Waals surface area contributed by atoms with Crippen LogP contribution in [0, 0.1) is 17.2 Å². The minimum Gasteiger partial charge on any atom is -0.381 e. The number of hydrogen-bond acceptors (Lipinski definition) is 3. The SMILES string of the molecule is CC(NCC1CCOC1)c1ccc(-c2cccc(C#N)c2)cc1. The molecule has 1 saturated heterocycles. The van der Waals surface area contributed by atoms with Crippen LogP contribution in [0.5, 0.6) is 0 Å². The lowest BCUT2D eigenvalue weighted by Gasteiger charge is -2.17. The average molecular weight is 306 g/mol. The molecular weight excluding hydrogens is 284 g/mol. The highest BCUT2D eigenvalue weighted by Gasteiger charge is 2.16. The van der Waals surface area contributed by atoms with Gasteiger partial charge in [0.15, 0.2) is 0 Å². The van der Waals surface area contributed by atoms with Crippen LogP contribution >= 0.6 is 0 Å². The summed E-state index contributed by atoms with van der Waals surface area (Å²) in [5.74, 6) is 0.644. The van der Waals surface area contributed by atoms with Gasteiger partial charge in [-0.2, -0.15) is 5.26 Å². The fraction of sp³-hybridized carbons (Fsp3) is 0.350. The molecule has 3 rings (SSSR count). The van der Waals surface area contributed by atoms with Gasteiger partial charge in [-0.05, 0) is 48.1 Å². The third-order valence-electron chi connectivity index (χ3n) is 4.47. The number of benzene rings is 2. The molecule has 2 unspecified atom stereocenters. The number of nitrogens with zero attached hydrogens (tertiary/aromatic N) is 1. The first-order valence-corrected chi connectivity index (χ1v) is 8.18. The van der Waals surface area contributed by atoms with E-state index in [9.17, 15) is 0 Å². The minimum atomic E-state index is 0.329. The van der Waals surface area contributed by atoms with Gasteiger partial charge in [0.2, 0.25) is 0 Å². The molecule has 1 heterocycles. The molecule has 1 aliphatic heterocycles. The molecule has 118 valence electrons. The van der Waals surface area contributed by atoms with Crippen molar-refractivity contribution in [2.45, 2.75) is 19.4 Å². The Morgan fingerprint density at radius 3 is 2.74 bits per heavy atom. The molecule has 0 saturated carbocycles. The van der Waals surface area contributed by atoms with E-state index in [1.165, 1.54) is 5.56 Å². The monoisotopic (exact) mass is 306 g/mol. The maximum absolute atomic E-state index is 9.01. The summed E-state index contributed by atoms with van der Waals surface area (Å²) in [5.41, 5.74) is 4.20. The summed E-state index contributed by atoms with van der Waals surface area (Å²) in [5, 5.41) is 12.6. The summed E-state index contributed by atoms with van der Waals surface area (Å²) in [6, 6.07) is 18.8. The molecule has 3 heteroatoms. The van der Waals surface area contributed by atoms with Crippen molar-refractivity contribution in [2.75, 3.05) is 19.8 Å². The molecule has 2 aromatic carbocycles. The van der Waals surface area contributed by atoms with Crippen molar-refractivity contribution in [3.63, 3.8) is 0 Å². The lowest BCUT2D eigenvalue weighted by Crippen LogP contribution is -2.25. The zero-order valence-electron chi connectivity index (χ0n) is 13.5. The normalized spacial score (nSPS) is 18.5. The van der Waals surface area contributed by atoms with Crippen LogP contribution in [0.4, 0.5) is 0 Å². The minimum absolute atomic E-state index is 0.329. The van der Waals surface area contributed by atoms with Crippen molar-refractivity contribution in [3.05, 3.63) is 59.7 Å². The van der Waals surface area contributed by atoms with Crippen LogP contribution < -0.4 is 5.32 Å². The van der Waals surface area contributed by atoms with E-state index < -0.39 is 0 Å². The fourth-order valence-corrected chi connectivity index (χ4v) is 2.94. The molecular formula is C20H22N2O. The lowest BCUT2D eigenvalue weighted by molar-refractivity contribution is 0.184. The summed E-state index contributed by atoms with van der Waals surface area (Å²) in [7, 11) is 0. The van der Waals surface area contributed by atoms with Crippen molar-refractivity contribution < 1.29 is 4.74 Å². The fourth-order valence-electron chi connectivity index (χ4n) is 2.94. The molecule has 0 spiro atoms. The predicted molar refractivity (Wildman–Crippen MR) is 91.9 cm³/mol. The Bertz CT molecular complexity index is 682. The zero-order chi connectivity index (χ0) is 16.1. The Balaban J connectivity index is 1.65. The van der Waals surface area contributed by atoms with Crippen LogP contribution in [0.15, 0.2) is 48.5 Å². The van der Waals surface area contributed by atoms with Crippen molar-refractivity contribution >= 4 is 0 Å². The Kier molecular flexibility index (Phi) is 5.07. The van der Waals surface area contributed by atoms with Gasteiger partial charge in [-0.25, -0.2) is 0 Å². The number of nitriles is 1. The summed E-state index contributed by atoms with van der Waals surface area (Å²) >= 11 is 0. The summed E-state index contributed by atoms with van der Waals surface area (Å²) in [4.78, 5) is 0. The van der Waals surface area contributed by atoms with E-state index in [2.05, 4.69) is 42.6 Å². The second-order valence-electron chi connectivity index (χ2n) is 6.17. The third kappa shape index (κ3) is 3.98. The van der Waals surface area contributed by atoms with Crippen molar-refractivity contribution in [2.24, 2.45) is 5.92 Å². The second-order valence-corrected chi connectivity index (χ2v) is 6.17. The zero-order valence-corrected chi connectivity index (χ0v) is 13.5. The quantitative estimate of drug-likeness (QED) is 0.911. The molecule has 0 aromatic heterocycles. The summed E-state index contributed by atoms with van der Waals surface area (Å²) < 4.78 is 5.42. The van der Waals surface area contributed by atoms with Crippen LogP contribution in [0.3, 0.4) is 0 Å². The van der Waals surface area contributed by atoms with Gasteiger partial charge in [0.05, 0.1) is 18.2 Å². The Hall–Kier alpha value is -2.15. The maximum Gasteiger partial charge on any atom is 0.0991 e. The highest BCUT2D eigenvalue weighted by molar-refractivity contribution is 5.65. The molecule has 1 aliphatic rings. The molecule has 1 N–H and O–H groups in total. The molecule has 3 nitrogen and oxygen atoms in total. The van der Waals surface area contributed by atoms with Crippen LogP contribution in [0.2, 0.25) is 0 Å². The first-order chi connectivity index (χ1) is 11.3. The highest BCUT2D eigenvalue weighted by Crippen LogP contribution is 2.23. The number of ether oxygens (including phenoxy) is 1. The molecule has 0 bridgehead atoms.